The largest absolute Gasteiger partial charge is 0.383 e. The van der Waals surface area contributed by atoms with E-state index in [0.717, 1.165) is 23.8 Å². The van der Waals surface area contributed by atoms with Gasteiger partial charge in [0.25, 0.3) is 0 Å². The molecule has 0 saturated heterocycles. The molecule has 0 atom stereocenters. The molecular weight excluding hydrogens is 268 g/mol. The highest BCUT2D eigenvalue weighted by molar-refractivity contribution is 6.33. The number of nitrogens with one attached hydrogen (secondary N) is 2. The fourth-order valence-electron chi connectivity index (χ4n) is 2.45. The quantitative estimate of drug-likeness (QED) is 0.773. The summed E-state index contributed by atoms with van der Waals surface area (Å²) in [6, 6.07) is 12.2. The van der Waals surface area contributed by atoms with Gasteiger partial charge in [-0.2, -0.15) is 0 Å². The number of halogens is 1. The van der Waals surface area contributed by atoms with Crippen molar-refractivity contribution in [3.63, 3.8) is 0 Å². The Labute approximate surface area is 126 Å². The third kappa shape index (κ3) is 3.67. The lowest BCUT2D eigenvalue weighted by Gasteiger charge is -2.15. The predicted octanol–water partition coefficient (Wildman–Crippen LogP) is 4.79. The van der Waals surface area contributed by atoms with E-state index in [1.807, 2.05) is 24.3 Å². The molecule has 2 aromatic carbocycles. The highest BCUT2D eigenvalue weighted by Crippen LogP contribution is 2.22. The van der Waals surface area contributed by atoms with E-state index < -0.39 is 0 Å². The SMILES string of the molecule is Cc1cc(C)c(NCCNc2ccccc2Cl)c(C)c1. The Morgan fingerprint density at radius 2 is 1.50 bits per heavy atom. The first kappa shape index (κ1) is 14.7. The molecule has 2 nitrogen and oxygen atoms in total. The fourth-order valence-corrected chi connectivity index (χ4v) is 2.65. The number of rotatable bonds is 5. The van der Waals surface area contributed by atoms with E-state index >= 15 is 0 Å². The van der Waals surface area contributed by atoms with Crippen LogP contribution in [0.5, 0.6) is 0 Å². The van der Waals surface area contributed by atoms with Gasteiger partial charge in [0.15, 0.2) is 0 Å². The van der Waals surface area contributed by atoms with E-state index in [-0.39, 0.29) is 0 Å². The van der Waals surface area contributed by atoms with Crippen LogP contribution in [0.2, 0.25) is 5.02 Å². The van der Waals surface area contributed by atoms with Crippen LogP contribution in [-0.2, 0) is 0 Å². The van der Waals surface area contributed by atoms with Crippen LogP contribution in [0.25, 0.3) is 0 Å². The highest BCUT2D eigenvalue weighted by Gasteiger charge is 2.03. The van der Waals surface area contributed by atoms with Crippen molar-refractivity contribution < 1.29 is 0 Å². The van der Waals surface area contributed by atoms with Crippen LogP contribution in [0.15, 0.2) is 36.4 Å². The van der Waals surface area contributed by atoms with E-state index in [2.05, 4.69) is 43.5 Å². The van der Waals surface area contributed by atoms with Gasteiger partial charge in [0.1, 0.15) is 0 Å². The summed E-state index contributed by atoms with van der Waals surface area (Å²) in [6.45, 7) is 8.10. The molecule has 0 fully saturated rings. The van der Waals surface area contributed by atoms with Gasteiger partial charge in [-0.05, 0) is 44.0 Å². The molecule has 2 N–H and O–H groups in total. The maximum atomic E-state index is 6.11. The Kier molecular flexibility index (Phi) is 4.91. The van der Waals surface area contributed by atoms with Crippen LogP contribution in [0.1, 0.15) is 16.7 Å². The van der Waals surface area contributed by atoms with Crippen molar-refractivity contribution in [2.24, 2.45) is 0 Å². The maximum Gasteiger partial charge on any atom is 0.0637 e. The number of para-hydroxylation sites is 1. The minimum Gasteiger partial charge on any atom is -0.383 e. The van der Waals surface area contributed by atoms with E-state index in [9.17, 15) is 0 Å². The average Bonchev–Trinajstić information content (AvgIpc) is 2.38. The zero-order valence-electron chi connectivity index (χ0n) is 12.3. The summed E-state index contributed by atoms with van der Waals surface area (Å²) < 4.78 is 0. The number of hydrogen-bond donors (Lipinski definition) is 2. The molecule has 2 aromatic rings. The summed E-state index contributed by atoms with van der Waals surface area (Å²) in [5.41, 5.74) is 6.10. The molecule has 0 unspecified atom stereocenters. The van der Waals surface area contributed by atoms with Gasteiger partial charge in [-0.3, -0.25) is 0 Å². The van der Waals surface area contributed by atoms with E-state index in [1.54, 1.807) is 0 Å². The number of hydrogen-bond acceptors (Lipinski definition) is 2. The molecule has 2 rings (SSSR count). The standard InChI is InChI=1S/C17H21ClN2/c1-12-10-13(2)17(14(3)11-12)20-9-8-19-16-7-5-4-6-15(16)18/h4-7,10-11,19-20H,8-9H2,1-3H3. The lowest BCUT2D eigenvalue weighted by Crippen LogP contribution is -2.15. The predicted molar refractivity (Wildman–Crippen MR) is 89.1 cm³/mol. The first-order valence-corrected chi connectivity index (χ1v) is 7.26. The molecule has 0 spiro atoms. The minimum absolute atomic E-state index is 0.759. The molecule has 0 heterocycles. The zero-order valence-corrected chi connectivity index (χ0v) is 13.0. The van der Waals surface area contributed by atoms with Crippen LogP contribution >= 0.6 is 11.6 Å². The van der Waals surface area contributed by atoms with Crippen molar-refractivity contribution in [2.45, 2.75) is 20.8 Å². The maximum absolute atomic E-state index is 6.11. The Morgan fingerprint density at radius 3 is 2.15 bits per heavy atom. The molecule has 20 heavy (non-hydrogen) atoms. The van der Waals surface area contributed by atoms with Crippen molar-refractivity contribution in [3.8, 4) is 0 Å². The molecule has 0 aliphatic rings. The van der Waals surface area contributed by atoms with Gasteiger partial charge >= 0.3 is 0 Å². The van der Waals surface area contributed by atoms with Gasteiger partial charge in [0, 0.05) is 18.8 Å². The molecule has 0 amide bonds. The highest BCUT2D eigenvalue weighted by atomic mass is 35.5. The summed E-state index contributed by atoms with van der Waals surface area (Å²) in [5, 5.41) is 7.59. The first-order valence-electron chi connectivity index (χ1n) is 6.88. The van der Waals surface area contributed by atoms with E-state index in [4.69, 9.17) is 11.6 Å². The molecule has 0 saturated carbocycles. The fraction of sp³-hybridized carbons (Fsp3) is 0.294. The normalized spacial score (nSPS) is 10.4. The molecule has 0 aromatic heterocycles. The van der Waals surface area contributed by atoms with Gasteiger partial charge in [0.05, 0.1) is 10.7 Å². The second kappa shape index (κ2) is 6.67. The smallest absolute Gasteiger partial charge is 0.0637 e. The summed E-state index contributed by atoms with van der Waals surface area (Å²) >= 11 is 6.11. The molecule has 0 radical (unpaired) electrons. The van der Waals surface area contributed by atoms with Gasteiger partial charge in [0.2, 0.25) is 0 Å². The van der Waals surface area contributed by atoms with Gasteiger partial charge in [-0.15, -0.1) is 0 Å². The molecule has 0 aliphatic heterocycles. The Balaban J connectivity index is 1.90. The van der Waals surface area contributed by atoms with Crippen LogP contribution in [-0.4, -0.2) is 13.1 Å². The summed E-state index contributed by atoms with van der Waals surface area (Å²) in [7, 11) is 0. The number of benzene rings is 2. The van der Waals surface area contributed by atoms with Gasteiger partial charge in [-0.25, -0.2) is 0 Å². The summed E-state index contributed by atoms with van der Waals surface area (Å²) in [6.07, 6.45) is 0. The van der Waals surface area contributed by atoms with Crippen molar-refractivity contribution in [1.82, 2.24) is 0 Å². The monoisotopic (exact) mass is 288 g/mol. The van der Waals surface area contributed by atoms with Crippen LogP contribution in [0.4, 0.5) is 11.4 Å². The second-order valence-corrected chi connectivity index (χ2v) is 5.51. The molecule has 0 aliphatic carbocycles. The third-order valence-corrected chi connectivity index (χ3v) is 3.62. The summed E-state index contributed by atoms with van der Waals surface area (Å²) in [4.78, 5) is 0. The average molecular weight is 289 g/mol. The van der Waals surface area contributed by atoms with Crippen LogP contribution in [0, 0.1) is 20.8 Å². The van der Waals surface area contributed by atoms with Crippen molar-refractivity contribution >= 4 is 23.0 Å². The molecular formula is C17H21ClN2. The van der Waals surface area contributed by atoms with Gasteiger partial charge < -0.3 is 10.6 Å². The van der Waals surface area contributed by atoms with Gasteiger partial charge in [-0.1, -0.05) is 41.4 Å². The van der Waals surface area contributed by atoms with Crippen molar-refractivity contribution in [2.75, 3.05) is 23.7 Å². The number of aryl methyl sites for hydroxylation is 3. The lowest BCUT2D eigenvalue weighted by molar-refractivity contribution is 1.07. The lowest BCUT2D eigenvalue weighted by atomic mass is 10.1. The second-order valence-electron chi connectivity index (χ2n) is 5.11. The minimum atomic E-state index is 0.759. The van der Waals surface area contributed by atoms with Crippen LogP contribution in [0.3, 0.4) is 0 Å². The van der Waals surface area contributed by atoms with E-state index in [0.29, 0.717) is 0 Å². The molecule has 106 valence electrons. The molecule has 0 bridgehead atoms. The Hall–Kier alpha value is -1.67. The summed E-state index contributed by atoms with van der Waals surface area (Å²) in [5.74, 6) is 0. The Bertz CT molecular complexity index is 570. The molecule has 3 heteroatoms. The van der Waals surface area contributed by atoms with Crippen molar-refractivity contribution in [1.29, 1.82) is 0 Å². The van der Waals surface area contributed by atoms with E-state index in [1.165, 1.54) is 22.4 Å². The topological polar surface area (TPSA) is 24.1 Å². The first-order chi connectivity index (χ1) is 9.58. The van der Waals surface area contributed by atoms with Crippen LogP contribution < -0.4 is 10.6 Å². The number of anilines is 2. The third-order valence-electron chi connectivity index (χ3n) is 3.29. The Morgan fingerprint density at radius 1 is 0.900 bits per heavy atom. The zero-order chi connectivity index (χ0) is 14.5. The van der Waals surface area contributed by atoms with Crippen molar-refractivity contribution in [3.05, 3.63) is 58.1 Å².